The predicted molar refractivity (Wildman–Crippen MR) is 56.7 cm³/mol. The Morgan fingerprint density at radius 3 is 2.69 bits per heavy atom. The summed E-state index contributed by atoms with van der Waals surface area (Å²) in [5, 5.41) is 0. The van der Waals surface area contributed by atoms with Gasteiger partial charge in [0.2, 0.25) is 0 Å². The first-order chi connectivity index (χ1) is 5.88. The highest BCUT2D eigenvalue weighted by molar-refractivity contribution is 9.10. The van der Waals surface area contributed by atoms with Crippen molar-refractivity contribution in [1.29, 1.82) is 0 Å². The first-order valence-electron chi connectivity index (χ1n) is 4.03. The van der Waals surface area contributed by atoms with Gasteiger partial charge in [0.05, 0.1) is 0 Å². The smallest absolute Gasteiger partial charge is 0.250 e. The molecule has 13 heavy (non-hydrogen) atoms. The van der Waals surface area contributed by atoms with E-state index in [-0.39, 0.29) is 11.1 Å². The molecule has 0 fully saturated rings. The average Bonchev–Trinajstić information content (AvgIpc) is 1.94. The molecule has 72 valence electrons. The molecular formula is C9H13BrN2O. The van der Waals surface area contributed by atoms with E-state index in [1.165, 1.54) is 6.07 Å². The highest BCUT2D eigenvalue weighted by Gasteiger charge is 2.11. The molecule has 0 radical (unpaired) electrons. The van der Waals surface area contributed by atoms with E-state index in [0.717, 1.165) is 4.47 Å². The van der Waals surface area contributed by atoms with Crippen molar-refractivity contribution in [1.82, 2.24) is 4.57 Å². The Balaban J connectivity index is 3.01. The first-order valence-corrected chi connectivity index (χ1v) is 4.83. The van der Waals surface area contributed by atoms with Crippen molar-refractivity contribution < 1.29 is 0 Å². The van der Waals surface area contributed by atoms with Gasteiger partial charge >= 0.3 is 0 Å². The van der Waals surface area contributed by atoms with Crippen molar-refractivity contribution in [2.45, 2.75) is 25.9 Å². The molecule has 0 atom stereocenters. The Morgan fingerprint density at radius 1 is 1.54 bits per heavy atom. The third-order valence-electron chi connectivity index (χ3n) is 1.53. The van der Waals surface area contributed by atoms with Crippen LogP contribution in [0.3, 0.4) is 0 Å². The summed E-state index contributed by atoms with van der Waals surface area (Å²) in [6.45, 7) is 4.30. The molecule has 1 aromatic rings. The van der Waals surface area contributed by atoms with Gasteiger partial charge in [-0.1, -0.05) is 0 Å². The van der Waals surface area contributed by atoms with Gasteiger partial charge in [-0.15, -0.1) is 0 Å². The third-order valence-corrected chi connectivity index (χ3v) is 1.99. The highest BCUT2D eigenvalue weighted by atomic mass is 79.9. The number of pyridine rings is 1. The maximum Gasteiger partial charge on any atom is 0.250 e. The van der Waals surface area contributed by atoms with Gasteiger partial charge in [0.25, 0.3) is 5.56 Å². The van der Waals surface area contributed by atoms with E-state index in [2.05, 4.69) is 15.9 Å². The molecule has 0 aliphatic rings. The molecule has 1 heterocycles. The Kier molecular flexibility index (Phi) is 2.93. The summed E-state index contributed by atoms with van der Waals surface area (Å²) in [4.78, 5) is 11.3. The number of halogens is 1. The fourth-order valence-corrected chi connectivity index (χ4v) is 1.44. The van der Waals surface area contributed by atoms with Crippen LogP contribution in [0.5, 0.6) is 0 Å². The van der Waals surface area contributed by atoms with E-state index in [1.807, 2.05) is 13.8 Å². The van der Waals surface area contributed by atoms with E-state index < -0.39 is 0 Å². The molecule has 0 saturated heterocycles. The molecule has 4 heteroatoms. The minimum Gasteiger partial charge on any atom is -0.324 e. The molecule has 0 aliphatic carbocycles. The molecular weight excluding hydrogens is 232 g/mol. The molecule has 3 nitrogen and oxygen atoms in total. The van der Waals surface area contributed by atoms with Crippen LogP contribution >= 0.6 is 15.9 Å². The fourth-order valence-electron chi connectivity index (χ4n) is 1.06. The Labute approximate surface area is 85.7 Å². The molecule has 1 aromatic heterocycles. The largest absolute Gasteiger partial charge is 0.324 e. The zero-order valence-electron chi connectivity index (χ0n) is 7.75. The van der Waals surface area contributed by atoms with Crippen LogP contribution in [-0.2, 0) is 6.54 Å². The fraction of sp³-hybridized carbons (Fsp3) is 0.444. The van der Waals surface area contributed by atoms with Gasteiger partial charge < -0.3 is 10.3 Å². The second kappa shape index (κ2) is 3.64. The molecule has 0 unspecified atom stereocenters. The second-order valence-corrected chi connectivity index (χ2v) is 4.72. The lowest BCUT2D eigenvalue weighted by molar-refractivity contribution is 0.426. The minimum atomic E-state index is -0.370. The normalized spacial score (nSPS) is 11.7. The minimum absolute atomic E-state index is 0.0262. The lowest BCUT2D eigenvalue weighted by Gasteiger charge is -2.19. The summed E-state index contributed by atoms with van der Waals surface area (Å²) in [5.41, 5.74) is 5.41. The Bertz CT molecular complexity index is 351. The maximum absolute atomic E-state index is 11.3. The van der Waals surface area contributed by atoms with Crippen molar-refractivity contribution in [3.63, 3.8) is 0 Å². The summed E-state index contributed by atoms with van der Waals surface area (Å²) >= 11 is 3.30. The second-order valence-electron chi connectivity index (χ2n) is 3.80. The number of hydrogen-bond acceptors (Lipinski definition) is 2. The van der Waals surface area contributed by atoms with Crippen LogP contribution in [0.25, 0.3) is 0 Å². The van der Waals surface area contributed by atoms with Crippen molar-refractivity contribution in [3.05, 3.63) is 33.2 Å². The zero-order valence-corrected chi connectivity index (χ0v) is 9.34. The average molecular weight is 245 g/mol. The van der Waals surface area contributed by atoms with E-state index in [1.54, 1.807) is 16.8 Å². The van der Waals surface area contributed by atoms with Crippen LogP contribution in [0.15, 0.2) is 27.6 Å². The molecule has 2 N–H and O–H groups in total. The van der Waals surface area contributed by atoms with E-state index in [0.29, 0.717) is 6.54 Å². The monoisotopic (exact) mass is 244 g/mol. The summed E-state index contributed by atoms with van der Waals surface area (Å²) in [7, 11) is 0. The van der Waals surface area contributed by atoms with Crippen LogP contribution in [0.2, 0.25) is 0 Å². The number of nitrogens with zero attached hydrogens (tertiary/aromatic N) is 1. The number of aromatic nitrogens is 1. The van der Waals surface area contributed by atoms with Crippen LogP contribution in [0, 0.1) is 0 Å². The van der Waals surface area contributed by atoms with Crippen molar-refractivity contribution in [3.8, 4) is 0 Å². The summed E-state index contributed by atoms with van der Waals surface area (Å²) in [6.07, 6.45) is 1.75. The van der Waals surface area contributed by atoms with Gasteiger partial charge in [0.1, 0.15) is 0 Å². The van der Waals surface area contributed by atoms with E-state index >= 15 is 0 Å². The zero-order chi connectivity index (χ0) is 10.1. The van der Waals surface area contributed by atoms with Crippen LogP contribution in [-0.4, -0.2) is 10.1 Å². The standard InChI is InChI=1S/C9H13BrN2O/c1-9(2,11)6-12-5-7(10)3-4-8(12)13/h3-5H,6,11H2,1-2H3. The Hall–Kier alpha value is -0.610. The van der Waals surface area contributed by atoms with Crippen LogP contribution in [0.4, 0.5) is 0 Å². The van der Waals surface area contributed by atoms with Crippen molar-refractivity contribution in [2.75, 3.05) is 0 Å². The number of rotatable bonds is 2. The number of hydrogen-bond donors (Lipinski definition) is 1. The molecule has 0 saturated carbocycles. The van der Waals surface area contributed by atoms with Gasteiger partial charge in [-0.05, 0) is 35.8 Å². The van der Waals surface area contributed by atoms with Crippen LogP contribution in [0.1, 0.15) is 13.8 Å². The molecule has 0 spiro atoms. The van der Waals surface area contributed by atoms with Gasteiger partial charge in [0.15, 0.2) is 0 Å². The van der Waals surface area contributed by atoms with Crippen LogP contribution < -0.4 is 11.3 Å². The SMILES string of the molecule is CC(C)(N)Cn1cc(Br)ccc1=O. The summed E-state index contributed by atoms with van der Waals surface area (Å²) < 4.78 is 2.49. The first kappa shape index (κ1) is 10.5. The third kappa shape index (κ3) is 3.32. The van der Waals surface area contributed by atoms with Crippen molar-refractivity contribution >= 4 is 15.9 Å². The highest BCUT2D eigenvalue weighted by Crippen LogP contribution is 2.07. The lowest BCUT2D eigenvalue weighted by Crippen LogP contribution is -2.40. The van der Waals surface area contributed by atoms with Crippen molar-refractivity contribution in [2.24, 2.45) is 5.73 Å². The Morgan fingerprint density at radius 2 is 2.15 bits per heavy atom. The molecule has 0 bridgehead atoms. The van der Waals surface area contributed by atoms with Gasteiger partial charge in [-0.3, -0.25) is 4.79 Å². The van der Waals surface area contributed by atoms with E-state index in [4.69, 9.17) is 5.73 Å². The topological polar surface area (TPSA) is 48.0 Å². The molecule has 1 rings (SSSR count). The molecule has 0 aromatic carbocycles. The summed E-state index contributed by atoms with van der Waals surface area (Å²) in [5.74, 6) is 0. The summed E-state index contributed by atoms with van der Waals surface area (Å²) in [6, 6.07) is 3.25. The predicted octanol–water partition coefficient (Wildman–Crippen LogP) is 1.35. The van der Waals surface area contributed by atoms with E-state index in [9.17, 15) is 4.79 Å². The van der Waals surface area contributed by atoms with Gasteiger partial charge in [-0.2, -0.15) is 0 Å². The number of nitrogens with two attached hydrogens (primary N) is 1. The maximum atomic E-state index is 11.3. The molecule has 0 amide bonds. The molecule has 0 aliphatic heterocycles. The van der Waals surface area contributed by atoms with Gasteiger partial charge in [0, 0.05) is 28.8 Å². The van der Waals surface area contributed by atoms with Gasteiger partial charge in [-0.25, -0.2) is 0 Å². The quantitative estimate of drug-likeness (QED) is 0.854. The lowest BCUT2D eigenvalue weighted by atomic mass is 10.1.